The van der Waals surface area contributed by atoms with Crippen LogP contribution in [0.15, 0.2) is 48.5 Å². The van der Waals surface area contributed by atoms with Crippen LogP contribution in [0.5, 0.6) is 0 Å². The van der Waals surface area contributed by atoms with Gasteiger partial charge in [-0.1, -0.05) is 74.3 Å². The van der Waals surface area contributed by atoms with E-state index in [2.05, 4.69) is 31.9 Å². The summed E-state index contributed by atoms with van der Waals surface area (Å²) in [6.07, 6.45) is 0. The SMILES string of the molecule is CC(C)(C)OC(=O)c1ccccc1-c1ccc(C(Br)Br)cc1. The number of ether oxygens (including phenoxy) is 1. The highest BCUT2D eigenvalue weighted by molar-refractivity contribution is 9.24. The van der Waals surface area contributed by atoms with Gasteiger partial charge in [0.25, 0.3) is 0 Å². The zero-order valence-electron chi connectivity index (χ0n) is 12.8. The van der Waals surface area contributed by atoms with E-state index < -0.39 is 5.60 Å². The second kappa shape index (κ2) is 6.97. The molecule has 2 rings (SSSR count). The molecule has 22 heavy (non-hydrogen) atoms. The molecule has 0 aliphatic rings. The smallest absolute Gasteiger partial charge is 0.339 e. The van der Waals surface area contributed by atoms with Crippen LogP contribution in [0.2, 0.25) is 0 Å². The number of alkyl halides is 2. The van der Waals surface area contributed by atoms with Crippen LogP contribution in [-0.4, -0.2) is 11.6 Å². The molecule has 0 bridgehead atoms. The zero-order valence-corrected chi connectivity index (χ0v) is 15.9. The van der Waals surface area contributed by atoms with Crippen molar-refractivity contribution in [1.29, 1.82) is 0 Å². The monoisotopic (exact) mass is 424 g/mol. The first-order valence-corrected chi connectivity index (χ1v) is 8.82. The molecule has 0 spiro atoms. The molecule has 0 aliphatic carbocycles. The molecule has 0 unspecified atom stereocenters. The van der Waals surface area contributed by atoms with E-state index >= 15 is 0 Å². The van der Waals surface area contributed by atoms with E-state index in [9.17, 15) is 4.79 Å². The first-order chi connectivity index (χ1) is 10.3. The van der Waals surface area contributed by atoms with Crippen LogP contribution in [0.3, 0.4) is 0 Å². The average molecular weight is 426 g/mol. The minimum atomic E-state index is -0.507. The number of rotatable bonds is 3. The van der Waals surface area contributed by atoms with E-state index in [0.717, 1.165) is 16.7 Å². The lowest BCUT2D eigenvalue weighted by molar-refractivity contribution is 0.00705. The second-order valence-corrected chi connectivity index (χ2v) is 9.03. The van der Waals surface area contributed by atoms with E-state index in [1.807, 2.05) is 63.2 Å². The Morgan fingerprint density at radius 3 is 2.14 bits per heavy atom. The van der Waals surface area contributed by atoms with Gasteiger partial charge in [0.15, 0.2) is 0 Å². The molecule has 0 atom stereocenters. The lowest BCUT2D eigenvalue weighted by atomic mass is 9.99. The van der Waals surface area contributed by atoms with E-state index in [4.69, 9.17) is 4.74 Å². The molecule has 0 aliphatic heterocycles. The Kier molecular flexibility index (Phi) is 5.45. The molecule has 0 N–H and O–H groups in total. The lowest BCUT2D eigenvalue weighted by Crippen LogP contribution is -2.24. The van der Waals surface area contributed by atoms with Gasteiger partial charge in [-0.2, -0.15) is 0 Å². The fourth-order valence-electron chi connectivity index (χ4n) is 2.05. The predicted molar refractivity (Wildman–Crippen MR) is 97.6 cm³/mol. The van der Waals surface area contributed by atoms with Gasteiger partial charge in [0.1, 0.15) is 5.60 Å². The van der Waals surface area contributed by atoms with E-state index in [1.54, 1.807) is 6.07 Å². The molecule has 4 heteroatoms. The van der Waals surface area contributed by atoms with Crippen molar-refractivity contribution in [1.82, 2.24) is 0 Å². The standard InChI is InChI=1S/C18H18Br2O2/c1-18(2,3)22-17(21)15-7-5-4-6-14(15)12-8-10-13(11-9-12)16(19)20/h4-11,16H,1-3H3. The summed E-state index contributed by atoms with van der Waals surface area (Å²) in [4.78, 5) is 12.4. The fraction of sp³-hybridized carbons (Fsp3) is 0.278. The summed E-state index contributed by atoms with van der Waals surface area (Å²) < 4.78 is 5.61. The Labute approximate surface area is 148 Å². The molecule has 0 saturated heterocycles. The number of esters is 1. The van der Waals surface area contributed by atoms with Gasteiger partial charge in [-0.3, -0.25) is 0 Å². The first kappa shape index (κ1) is 17.2. The van der Waals surface area contributed by atoms with Gasteiger partial charge in [0.05, 0.1) is 9.30 Å². The van der Waals surface area contributed by atoms with Crippen LogP contribution in [0.4, 0.5) is 0 Å². The van der Waals surface area contributed by atoms with E-state index in [0.29, 0.717) is 5.56 Å². The third-order valence-electron chi connectivity index (χ3n) is 3.02. The third-order valence-corrected chi connectivity index (χ3v) is 4.08. The van der Waals surface area contributed by atoms with Crippen molar-refractivity contribution in [2.45, 2.75) is 30.1 Å². The first-order valence-electron chi connectivity index (χ1n) is 6.99. The fourth-order valence-corrected chi connectivity index (χ4v) is 2.66. The molecule has 2 aromatic rings. The van der Waals surface area contributed by atoms with Gasteiger partial charge in [-0.15, -0.1) is 0 Å². The van der Waals surface area contributed by atoms with Crippen molar-refractivity contribution in [2.24, 2.45) is 0 Å². The maximum absolute atomic E-state index is 12.4. The topological polar surface area (TPSA) is 26.3 Å². The van der Waals surface area contributed by atoms with E-state index in [1.165, 1.54) is 0 Å². The Balaban J connectivity index is 2.38. The zero-order chi connectivity index (χ0) is 16.3. The maximum Gasteiger partial charge on any atom is 0.339 e. The highest BCUT2D eigenvalue weighted by Crippen LogP contribution is 2.32. The Bertz CT molecular complexity index is 656. The lowest BCUT2D eigenvalue weighted by Gasteiger charge is -2.20. The van der Waals surface area contributed by atoms with Gasteiger partial charge >= 0.3 is 5.97 Å². The van der Waals surface area contributed by atoms with Gasteiger partial charge in [-0.25, -0.2) is 4.79 Å². The van der Waals surface area contributed by atoms with Crippen molar-refractivity contribution in [2.75, 3.05) is 0 Å². The molecule has 2 aromatic carbocycles. The molecule has 0 amide bonds. The summed E-state index contributed by atoms with van der Waals surface area (Å²) in [6, 6.07) is 15.6. The highest BCUT2D eigenvalue weighted by atomic mass is 79.9. The summed E-state index contributed by atoms with van der Waals surface area (Å²) in [5, 5.41) is 0. The maximum atomic E-state index is 12.4. The minimum Gasteiger partial charge on any atom is -0.456 e. The van der Waals surface area contributed by atoms with Gasteiger partial charge < -0.3 is 4.74 Å². The molecular weight excluding hydrogens is 408 g/mol. The summed E-state index contributed by atoms with van der Waals surface area (Å²) >= 11 is 6.95. The molecule has 0 saturated carbocycles. The third kappa shape index (κ3) is 4.43. The Hall–Kier alpha value is -1.13. The van der Waals surface area contributed by atoms with Gasteiger partial charge in [-0.05, 0) is 43.5 Å². The summed E-state index contributed by atoms with van der Waals surface area (Å²) in [5.74, 6) is -0.300. The number of benzene rings is 2. The average Bonchev–Trinajstić information content (AvgIpc) is 2.45. The molecule has 0 radical (unpaired) electrons. The van der Waals surface area contributed by atoms with Crippen molar-refractivity contribution in [3.05, 3.63) is 59.7 Å². The number of halogens is 2. The number of carbonyl (C=O) groups is 1. The normalized spacial score (nSPS) is 11.5. The molecule has 116 valence electrons. The van der Waals surface area contributed by atoms with Crippen LogP contribution >= 0.6 is 31.9 Å². The second-order valence-electron chi connectivity index (χ2n) is 5.97. The highest BCUT2D eigenvalue weighted by Gasteiger charge is 2.20. The largest absolute Gasteiger partial charge is 0.456 e. The molecule has 2 nitrogen and oxygen atoms in total. The van der Waals surface area contributed by atoms with Crippen molar-refractivity contribution < 1.29 is 9.53 Å². The number of hydrogen-bond donors (Lipinski definition) is 0. The summed E-state index contributed by atoms with van der Waals surface area (Å²) in [6.45, 7) is 5.61. The van der Waals surface area contributed by atoms with Gasteiger partial charge in [0, 0.05) is 0 Å². The quantitative estimate of drug-likeness (QED) is 0.438. The van der Waals surface area contributed by atoms with Crippen molar-refractivity contribution in [3.8, 4) is 11.1 Å². The van der Waals surface area contributed by atoms with Crippen LogP contribution in [0.25, 0.3) is 11.1 Å². The van der Waals surface area contributed by atoms with Crippen molar-refractivity contribution >= 4 is 37.8 Å². The van der Waals surface area contributed by atoms with Gasteiger partial charge in [0.2, 0.25) is 0 Å². The summed E-state index contributed by atoms with van der Waals surface area (Å²) in [5.41, 5.74) is 3.07. The Morgan fingerprint density at radius 2 is 1.59 bits per heavy atom. The summed E-state index contributed by atoms with van der Waals surface area (Å²) in [7, 11) is 0. The van der Waals surface area contributed by atoms with Crippen LogP contribution in [-0.2, 0) is 4.74 Å². The van der Waals surface area contributed by atoms with Crippen LogP contribution in [0.1, 0.15) is 40.4 Å². The van der Waals surface area contributed by atoms with Crippen molar-refractivity contribution in [3.63, 3.8) is 0 Å². The number of hydrogen-bond acceptors (Lipinski definition) is 2. The molecular formula is C18H18Br2O2. The minimum absolute atomic E-state index is 0.121. The van der Waals surface area contributed by atoms with Crippen LogP contribution < -0.4 is 0 Å². The molecule has 0 aromatic heterocycles. The number of carbonyl (C=O) groups excluding carboxylic acids is 1. The van der Waals surface area contributed by atoms with E-state index in [-0.39, 0.29) is 9.71 Å². The molecule has 0 fully saturated rings. The predicted octanol–water partition coefficient (Wildman–Crippen LogP) is 6.10. The van der Waals surface area contributed by atoms with Crippen LogP contribution in [0, 0.1) is 0 Å². The Morgan fingerprint density at radius 1 is 1.00 bits per heavy atom. The molecule has 0 heterocycles.